The molecule has 0 spiro atoms. The maximum absolute atomic E-state index is 11.8. The first-order valence-electron chi connectivity index (χ1n) is 7.55. The van der Waals surface area contributed by atoms with E-state index >= 15 is 0 Å². The van der Waals surface area contributed by atoms with Crippen LogP contribution in [0.4, 0.5) is 0 Å². The molecular weight excluding hydrogens is 236 g/mol. The first-order valence-corrected chi connectivity index (χ1v) is 7.55. The Bertz CT molecular complexity index is 329. The molecule has 1 saturated carbocycles. The Balaban J connectivity index is 2.20. The lowest BCUT2D eigenvalue weighted by Gasteiger charge is -2.19. The van der Waals surface area contributed by atoms with Gasteiger partial charge >= 0.3 is 5.97 Å². The van der Waals surface area contributed by atoms with E-state index in [9.17, 15) is 4.79 Å². The predicted molar refractivity (Wildman–Crippen MR) is 80.0 cm³/mol. The molecular formula is C17H28O2. The molecule has 2 heteroatoms. The van der Waals surface area contributed by atoms with Crippen molar-refractivity contribution < 1.29 is 9.53 Å². The molecule has 1 aliphatic rings. The molecule has 0 unspecified atom stereocenters. The lowest BCUT2D eigenvalue weighted by Crippen LogP contribution is -2.20. The van der Waals surface area contributed by atoms with Gasteiger partial charge in [-0.2, -0.15) is 0 Å². The van der Waals surface area contributed by atoms with E-state index in [1.165, 1.54) is 30.4 Å². The van der Waals surface area contributed by atoms with Crippen LogP contribution in [0.5, 0.6) is 0 Å². The minimum absolute atomic E-state index is 0.00745. The molecule has 1 fully saturated rings. The fraction of sp³-hybridized carbons (Fsp3) is 0.706. The van der Waals surface area contributed by atoms with Crippen molar-refractivity contribution in [3.63, 3.8) is 0 Å². The van der Waals surface area contributed by atoms with Gasteiger partial charge in [-0.15, -0.1) is 0 Å². The lowest BCUT2D eigenvalue weighted by atomic mass is 9.89. The maximum Gasteiger partial charge on any atom is 0.309 e. The van der Waals surface area contributed by atoms with Gasteiger partial charge in [-0.05, 0) is 52.5 Å². The lowest BCUT2D eigenvalue weighted by molar-refractivity contribution is -0.148. The van der Waals surface area contributed by atoms with E-state index in [0.29, 0.717) is 6.61 Å². The molecule has 1 aliphatic carbocycles. The molecule has 0 amide bonds. The zero-order valence-corrected chi connectivity index (χ0v) is 12.7. The molecule has 2 nitrogen and oxygen atoms in total. The quantitative estimate of drug-likeness (QED) is 0.508. The van der Waals surface area contributed by atoms with E-state index in [1.54, 1.807) is 0 Å². The second kappa shape index (κ2) is 8.95. The van der Waals surface area contributed by atoms with E-state index < -0.39 is 0 Å². The Kier molecular flexibility index (Phi) is 7.54. The normalized spacial score (nSPS) is 17.1. The second-order valence-electron chi connectivity index (χ2n) is 5.84. The summed E-state index contributed by atoms with van der Waals surface area (Å²) in [5.74, 6) is 0.168. The van der Waals surface area contributed by atoms with Gasteiger partial charge in [0.1, 0.15) is 6.61 Å². The first kappa shape index (κ1) is 16.0. The molecule has 19 heavy (non-hydrogen) atoms. The second-order valence-corrected chi connectivity index (χ2v) is 5.84. The number of esters is 1. The SMILES string of the molecule is CC(C)=CCCC(C)=CCOC(=O)C1CCCCC1. The van der Waals surface area contributed by atoms with Crippen LogP contribution < -0.4 is 0 Å². The van der Waals surface area contributed by atoms with Crippen LogP contribution in [-0.2, 0) is 9.53 Å². The minimum Gasteiger partial charge on any atom is -0.461 e. The van der Waals surface area contributed by atoms with Crippen molar-refractivity contribution in [2.75, 3.05) is 6.61 Å². The topological polar surface area (TPSA) is 26.3 Å². The number of ether oxygens (including phenoxy) is 1. The highest BCUT2D eigenvalue weighted by molar-refractivity contribution is 5.72. The summed E-state index contributed by atoms with van der Waals surface area (Å²) in [5.41, 5.74) is 2.66. The van der Waals surface area contributed by atoms with Crippen LogP contribution in [0.3, 0.4) is 0 Å². The fourth-order valence-corrected chi connectivity index (χ4v) is 2.41. The molecule has 0 aromatic heterocycles. The highest BCUT2D eigenvalue weighted by Crippen LogP contribution is 2.24. The molecule has 0 aliphatic heterocycles. The summed E-state index contributed by atoms with van der Waals surface area (Å²) in [5, 5.41) is 0. The van der Waals surface area contributed by atoms with Gasteiger partial charge in [0.2, 0.25) is 0 Å². The van der Waals surface area contributed by atoms with E-state index in [-0.39, 0.29) is 11.9 Å². The van der Waals surface area contributed by atoms with Crippen molar-refractivity contribution in [1.29, 1.82) is 0 Å². The van der Waals surface area contributed by atoms with Crippen molar-refractivity contribution in [2.24, 2.45) is 5.92 Å². The molecule has 0 N–H and O–H groups in total. The summed E-state index contributed by atoms with van der Waals surface area (Å²) in [6, 6.07) is 0. The standard InChI is InChI=1S/C17H28O2/c1-14(2)8-7-9-15(3)12-13-19-17(18)16-10-5-4-6-11-16/h8,12,16H,4-7,9-11,13H2,1-3H3. The number of hydrogen-bond donors (Lipinski definition) is 0. The summed E-state index contributed by atoms with van der Waals surface area (Å²) in [4.78, 5) is 11.8. The van der Waals surface area contributed by atoms with Crippen LogP contribution >= 0.6 is 0 Å². The average molecular weight is 264 g/mol. The fourth-order valence-electron chi connectivity index (χ4n) is 2.41. The van der Waals surface area contributed by atoms with Crippen molar-refractivity contribution in [3.05, 3.63) is 23.3 Å². The molecule has 0 aromatic rings. The van der Waals surface area contributed by atoms with Crippen molar-refractivity contribution in [2.45, 2.75) is 65.7 Å². The number of allylic oxidation sites excluding steroid dienone is 3. The molecule has 0 atom stereocenters. The van der Waals surface area contributed by atoms with Gasteiger partial charge in [-0.1, -0.05) is 36.5 Å². The molecule has 1 rings (SSSR count). The third-order valence-corrected chi connectivity index (χ3v) is 3.69. The Morgan fingerprint density at radius 2 is 1.79 bits per heavy atom. The average Bonchev–Trinajstić information content (AvgIpc) is 2.39. The van der Waals surface area contributed by atoms with E-state index in [4.69, 9.17) is 4.74 Å². The smallest absolute Gasteiger partial charge is 0.309 e. The first-order chi connectivity index (χ1) is 9.09. The largest absolute Gasteiger partial charge is 0.461 e. The van der Waals surface area contributed by atoms with Crippen LogP contribution in [0.2, 0.25) is 0 Å². The van der Waals surface area contributed by atoms with E-state index in [1.807, 2.05) is 6.08 Å². The van der Waals surface area contributed by atoms with Crippen LogP contribution in [0.25, 0.3) is 0 Å². The summed E-state index contributed by atoms with van der Waals surface area (Å²) in [7, 11) is 0. The van der Waals surface area contributed by atoms with Crippen molar-refractivity contribution in [1.82, 2.24) is 0 Å². The molecule has 0 heterocycles. The zero-order valence-electron chi connectivity index (χ0n) is 12.7. The third-order valence-electron chi connectivity index (χ3n) is 3.69. The van der Waals surface area contributed by atoms with Gasteiger partial charge in [0, 0.05) is 0 Å². The summed E-state index contributed by atoms with van der Waals surface area (Å²) < 4.78 is 5.35. The molecule has 0 radical (unpaired) electrons. The molecule has 0 saturated heterocycles. The highest BCUT2D eigenvalue weighted by atomic mass is 16.5. The monoisotopic (exact) mass is 264 g/mol. The summed E-state index contributed by atoms with van der Waals surface area (Å²) in [6.07, 6.45) is 12.1. The number of carbonyl (C=O) groups is 1. The van der Waals surface area contributed by atoms with Gasteiger partial charge in [0.05, 0.1) is 5.92 Å². The van der Waals surface area contributed by atoms with Gasteiger partial charge in [0.25, 0.3) is 0 Å². The predicted octanol–water partition coefficient (Wildman–Crippen LogP) is 4.80. The van der Waals surface area contributed by atoms with E-state index in [2.05, 4.69) is 26.8 Å². The van der Waals surface area contributed by atoms with Crippen molar-refractivity contribution in [3.8, 4) is 0 Å². The zero-order chi connectivity index (χ0) is 14.1. The third kappa shape index (κ3) is 7.19. The van der Waals surface area contributed by atoms with Crippen molar-refractivity contribution >= 4 is 5.97 Å². The van der Waals surface area contributed by atoms with Gasteiger partial charge < -0.3 is 4.74 Å². The highest BCUT2D eigenvalue weighted by Gasteiger charge is 2.21. The number of rotatable bonds is 6. The number of carbonyl (C=O) groups excluding carboxylic acids is 1. The minimum atomic E-state index is 0.00745. The molecule has 108 valence electrons. The van der Waals surface area contributed by atoms with Crippen LogP contribution in [0.1, 0.15) is 65.7 Å². The van der Waals surface area contributed by atoms with E-state index in [0.717, 1.165) is 25.7 Å². The van der Waals surface area contributed by atoms with Gasteiger partial charge in [-0.25, -0.2) is 0 Å². The summed E-state index contributed by atoms with van der Waals surface area (Å²) in [6.45, 7) is 6.78. The van der Waals surface area contributed by atoms with Crippen LogP contribution in [0, 0.1) is 5.92 Å². The number of hydrogen-bond acceptors (Lipinski definition) is 2. The summed E-state index contributed by atoms with van der Waals surface area (Å²) >= 11 is 0. The molecule has 0 bridgehead atoms. The van der Waals surface area contributed by atoms with Crippen LogP contribution in [-0.4, -0.2) is 12.6 Å². The Morgan fingerprint density at radius 1 is 1.11 bits per heavy atom. The molecule has 0 aromatic carbocycles. The Labute approximate surface area is 117 Å². The van der Waals surface area contributed by atoms with Crippen LogP contribution in [0.15, 0.2) is 23.3 Å². The van der Waals surface area contributed by atoms with Gasteiger partial charge in [-0.3, -0.25) is 4.79 Å². The Hall–Kier alpha value is -1.05. The van der Waals surface area contributed by atoms with Gasteiger partial charge in [0.15, 0.2) is 0 Å². The maximum atomic E-state index is 11.8. The Morgan fingerprint density at radius 3 is 2.42 bits per heavy atom.